The van der Waals surface area contributed by atoms with Gasteiger partial charge >= 0.3 is 0 Å². The molecule has 1 N–H and O–H groups in total. The number of halogens is 3. The third-order valence-electron chi connectivity index (χ3n) is 3.67. The van der Waals surface area contributed by atoms with Crippen LogP contribution >= 0.6 is 0 Å². The van der Waals surface area contributed by atoms with Crippen molar-refractivity contribution in [1.29, 1.82) is 0 Å². The number of nitrogens with zero attached hydrogens (tertiary/aromatic N) is 1. The van der Waals surface area contributed by atoms with Gasteiger partial charge < -0.3 is 9.84 Å². The van der Waals surface area contributed by atoms with Crippen LogP contribution in [0.1, 0.15) is 29.0 Å². The molecule has 7 heteroatoms. The van der Waals surface area contributed by atoms with Crippen molar-refractivity contribution in [3.63, 3.8) is 0 Å². The fraction of sp³-hybridized carbons (Fsp3) is 0.111. The van der Waals surface area contributed by atoms with Crippen LogP contribution in [0.25, 0.3) is 11.3 Å². The quantitative estimate of drug-likeness (QED) is 0.768. The number of nitrogens with one attached hydrogen (secondary N) is 1. The van der Waals surface area contributed by atoms with Gasteiger partial charge in [0.1, 0.15) is 5.82 Å². The maximum Gasteiger partial charge on any atom is 0.273 e. The van der Waals surface area contributed by atoms with E-state index in [9.17, 15) is 18.0 Å². The molecule has 0 saturated carbocycles. The Hall–Kier alpha value is -3.09. The van der Waals surface area contributed by atoms with E-state index in [2.05, 4.69) is 10.5 Å². The lowest BCUT2D eigenvalue weighted by Gasteiger charge is -2.13. The van der Waals surface area contributed by atoms with E-state index in [1.165, 1.54) is 30.3 Å². The zero-order valence-electron chi connectivity index (χ0n) is 13.1. The first-order chi connectivity index (χ1) is 12.0. The lowest BCUT2D eigenvalue weighted by Crippen LogP contribution is -2.27. The van der Waals surface area contributed by atoms with Crippen molar-refractivity contribution in [3.8, 4) is 11.3 Å². The van der Waals surface area contributed by atoms with Gasteiger partial charge in [-0.25, -0.2) is 13.2 Å². The molecule has 0 aliphatic heterocycles. The predicted octanol–water partition coefficient (Wildman–Crippen LogP) is 4.25. The Balaban J connectivity index is 1.75. The molecule has 25 heavy (non-hydrogen) atoms. The van der Waals surface area contributed by atoms with Crippen molar-refractivity contribution < 1.29 is 22.5 Å². The van der Waals surface area contributed by atoms with Crippen LogP contribution in [0.2, 0.25) is 0 Å². The first kappa shape index (κ1) is 16.8. The van der Waals surface area contributed by atoms with Gasteiger partial charge in [-0.05, 0) is 36.8 Å². The maximum atomic E-state index is 13.7. The second-order valence-corrected chi connectivity index (χ2v) is 5.42. The van der Waals surface area contributed by atoms with Crippen LogP contribution in [-0.2, 0) is 0 Å². The largest absolute Gasteiger partial charge is 0.355 e. The second kappa shape index (κ2) is 6.80. The molecule has 1 heterocycles. The van der Waals surface area contributed by atoms with Gasteiger partial charge in [-0.1, -0.05) is 23.4 Å². The fourth-order valence-corrected chi connectivity index (χ4v) is 2.31. The first-order valence-corrected chi connectivity index (χ1v) is 7.43. The number of aromatic nitrogens is 1. The van der Waals surface area contributed by atoms with Gasteiger partial charge in [-0.2, -0.15) is 0 Å². The van der Waals surface area contributed by atoms with Crippen molar-refractivity contribution in [2.45, 2.75) is 13.0 Å². The highest BCUT2D eigenvalue weighted by molar-refractivity contribution is 5.93. The smallest absolute Gasteiger partial charge is 0.273 e. The first-order valence-electron chi connectivity index (χ1n) is 7.43. The molecule has 3 aromatic rings. The van der Waals surface area contributed by atoms with Crippen molar-refractivity contribution in [2.24, 2.45) is 0 Å². The molecule has 0 fully saturated rings. The van der Waals surface area contributed by atoms with Gasteiger partial charge in [0.15, 0.2) is 23.1 Å². The lowest BCUT2D eigenvalue weighted by atomic mass is 10.1. The molecule has 2 aromatic carbocycles. The number of hydrogen-bond acceptors (Lipinski definition) is 3. The summed E-state index contributed by atoms with van der Waals surface area (Å²) < 4.78 is 45.0. The predicted molar refractivity (Wildman–Crippen MR) is 84.1 cm³/mol. The minimum absolute atomic E-state index is 0.0484. The van der Waals surface area contributed by atoms with Crippen LogP contribution in [-0.4, -0.2) is 11.1 Å². The summed E-state index contributed by atoms with van der Waals surface area (Å²) >= 11 is 0. The van der Waals surface area contributed by atoms with Crippen molar-refractivity contribution in [2.75, 3.05) is 0 Å². The van der Waals surface area contributed by atoms with E-state index in [4.69, 9.17) is 4.52 Å². The van der Waals surface area contributed by atoms with Crippen molar-refractivity contribution in [1.82, 2.24) is 10.5 Å². The van der Waals surface area contributed by atoms with E-state index in [1.807, 2.05) is 0 Å². The summed E-state index contributed by atoms with van der Waals surface area (Å²) in [5.74, 6) is -2.93. The molecule has 3 rings (SSSR count). The normalized spacial score (nSPS) is 12.0. The molecule has 0 bridgehead atoms. The van der Waals surface area contributed by atoms with E-state index in [-0.39, 0.29) is 17.0 Å². The molecule has 1 amide bonds. The second-order valence-electron chi connectivity index (χ2n) is 5.42. The van der Waals surface area contributed by atoms with Crippen LogP contribution in [0.4, 0.5) is 13.2 Å². The molecule has 1 unspecified atom stereocenters. The third kappa shape index (κ3) is 3.55. The van der Waals surface area contributed by atoms with Gasteiger partial charge in [0.2, 0.25) is 0 Å². The van der Waals surface area contributed by atoms with Crippen molar-refractivity contribution in [3.05, 3.63) is 77.2 Å². The standard InChI is InChI=1S/C18H13F3N2O2/c1-10(11-6-7-14(20)15(21)8-11)22-18(24)16-9-17(25-23-16)12-4-2-3-5-13(12)19/h2-10H,1H3,(H,22,24). The Kier molecular flexibility index (Phi) is 4.56. The SMILES string of the molecule is CC(NC(=O)c1cc(-c2ccccc2F)on1)c1ccc(F)c(F)c1. The molecule has 1 atom stereocenters. The Morgan fingerprint density at radius 2 is 1.80 bits per heavy atom. The molecule has 1 aromatic heterocycles. The van der Waals surface area contributed by atoms with Crippen LogP contribution in [0.3, 0.4) is 0 Å². The van der Waals surface area contributed by atoms with E-state index < -0.39 is 29.4 Å². The summed E-state index contributed by atoms with van der Waals surface area (Å²) in [4.78, 5) is 12.2. The monoisotopic (exact) mass is 346 g/mol. The van der Waals surface area contributed by atoms with Crippen LogP contribution in [0.15, 0.2) is 53.1 Å². The number of amides is 1. The Labute approximate surface area is 141 Å². The number of hydrogen-bond donors (Lipinski definition) is 1. The Morgan fingerprint density at radius 3 is 2.52 bits per heavy atom. The topological polar surface area (TPSA) is 55.1 Å². The summed E-state index contributed by atoms with van der Waals surface area (Å²) in [5.41, 5.74) is 0.528. The average molecular weight is 346 g/mol. The zero-order chi connectivity index (χ0) is 18.0. The van der Waals surface area contributed by atoms with Gasteiger partial charge in [0.05, 0.1) is 11.6 Å². The summed E-state index contributed by atoms with van der Waals surface area (Å²) in [7, 11) is 0. The number of rotatable bonds is 4. The third-order valence-corrected chi connectivity index (χ3v) is 3.67. The van der Waals surface area contributed by atoms with E-state index >= 15 is 0 Å². The minimum Gasteiger partial charge on any atom is -0.355 e. The summed E-state index contributed by atoms with van der Waals surface area (Å²) in [6.07, 6.45) is 0. The maximum absolute atomic E-state index is 13.7. The Bertz CT molecular complexity index is 924. The molecule has 0 aliphatic carbocycles. The van der Waals surface area contributed by atoms with E-state index in [0.29, 0.717) is 5.56 Å². The number of carbonyl (C=O) groups excluding carboxylic acids is 1. The van der Waals surface area contributed by atoms with Crippen LogP contribution < -0.4 is 5.32 Å². The highest BCUT2D eigenvalue weighted by Crippen LogP contribution is 2.23. The summed E-state index contributed by atoms with van der Waals surface area (Å²) in [6.45, 7) is 1.61. The molecular formula is C18H13F3N2O2. The number of benzene rings is 2. The Morgan fingerprint density at radius 1 is 1.04 bits per heavy atom. The molecule has 128 valence electrons. The van der Waals surface area contributed by atoms with Gasteiger partial charge in [0.25, 0.3) is 5.91 Å². The van der Waals surface area contributed by atoms with Gasteiger partial charge in [-0.15, -0.1) is 0 Å². The molecule has 0 spiro atoms. The van der Waals surface area contributed by atoms with Gasteiger partial charge in [0, 0.05) is 6.07 Å². The summed E-state index contributed by atoms with van der Waals surface area (Å²) in [5, 5.41) is 6.22. The summed E-state index contributed by atoms with van der Waals surface area (Å²) in [6, 6.07) is 10.0. The van der Waals surface area contributed by atoms with E-state index in [1.54, 1.807) is 13.0 Å². The van der Waals surface area contributed by atoms with Crippen LogP contribution in [0, 0.1) is 17.5 Å². The average Bonchev–Trinajstić information content (AvgIpc) is 3.07. The number of carbonyl (C=O) groups is 1. The molecule has 0 radical (unpaired) electrons. The van der Waals surface area contributed by atoms with Gasteiger partial charge in [-0.3, -0.25) is 4.79 Å². The molecule has 4 nitrogen and oxygen atoms in total. The molecule has 0 aliphatic rings. The van der Waals surface area contributed by atoms with Crippen LogP contribution in [0.5, 0.6) is 0 Å². The van der Waals surface area contributed by atoms with E-state index in [0.717, 1.165) is 12.1 Å². The fourth-order valence-electron chi connectivity index (χ4n) is 2.31. The minimum atomic E-state index is -0.998. The lowest BCUT2D eigenvalue weighted by molar-refractivity contribution is 0.0930. The molecular weight excluding hydrogens is 333 g/mol. The highest BCUT2D eigenvalue weighted by Gasteiger charge is 2.18. The molecule has 0 saturated heterocycles. The highest BCUT2D eigenvalue weighted by atomic mass is 19.2. The van der Waals surface area contributed by atoms with Crippen molar-refractivity contribution >= 4 is 5.91 Å². The zero-order valence-corrected chi connectivity index (χ0v) is 13.1.